The molecule has 1 N–H and O–H groups in total. The number of hydrogen-bond acceptors (Lipinski definition) is 5. The molecule has 1 atom stereocenters. The van der Waals surface area contributed by atoms with Gasteiger partial charge in [0.25, 0.3) is 6.20 Å². The number of halogens is 5. The Morgan fingerprint density at radius 3 is 2.00 bits per heavy atom. The van der Waals surface area contributed by atoms with Crippen molar-refractivity contribution in [3.05, 3.63) is 118 Å². The van der Waals surface area contributed by atoms with Gasteiger partial charge in [-0.2, -0.15) is 0 Å². The van der Waals surface area contributed by atoms with Gasteiger partial charge in [0.1, 0.15) is 17.4 Å². The third kappa shape index (κ3) is 6.96. The maximum absolute atomic E-state index is 13.6. The van der Waals surface area contributed by atoms with Crippen LogP contribution in [0.2, 0.25) is 0 Å². The van der Waals surface area contributed by atoms with Crippen molar-refractivity contribution < 1.29 is 31.6 Å². The molecule has 3 aromatic rings. The van der Waals surface area contributed by atoms with E-state index in [0.29, 0.717) is 25.2 Å². The van der Waals surface area contributed by atoms with Crippen LogP contribution < -0.4 is 10.1 Å². The Morgan fingerprint density at radius 1 is 0.973 bits per heavy atom. The molecule has 6 nitrogen and oxygen atoms in total. The van der Waals surface area contributed by atoms with Gasteiger partial charge in [0.05, 0.1) is 4.92 Å². The monoisotopic (exact) mass is 519 g/mol. The van der Waals surface area contributed by atoms with Gasteiger partial charge in [0, 0.05) is 24.7 Å². The lowest BCUT2D eigenvalue weighted by atomic mass is 9.80. The smallest absolute Gasteiger partial charge is 0.406 e. The summed E-state index contributed by atoms with van der Waals surface area (Å²) in [7, 11) is 0. The molecule has 1 aliphatic rings. The van der Waals surface area contributed by atoms with Gasteiger partial charge in [-0.1, -0.05) is 24.3 Å². The van der Waals surface area contributed by atoms with E-state index in [9.17, 15) is 32.1 Å². The average molecular weight is 519 g/mol. The largest absolute Gasteiger partial charge is 0.573 e. The van der Waals surface area contributed by atoms with Crippen molar-refractivity contribution >= 4 is 5.69 Å². The lowest BCUT2D eigenvalue weighted by Crippen LogP contribution is -2.27. The van der Waals surface area contributed by atoms with Gasteiger partial charge in [-0.25, -0.2) is 8.78 Å². The van der Waals surface area contributed by atoms with Crippen LogP contribution >= 0.6 is 0 Å². The Bertz CT molecular complexity index is 1200. The molecule has 1 aliphatic heterocycles. The molecule has 1 unspecified atom stereocenters. The summed E-state index contributed by atoms with van der Waals surface area (Å²) >= 11 is 0. The van der Waals surface area contributed by atoms with Gasteiger partial charge in [0.15, 0.2) is 5.82 Å². The minimum atomic E-state index is -4.83. The first-order valence-corrected chi connectivity index (χ1v) is 11.3. The number of nitrogens with one attached hydrogen (secondary N) is 1. The fourth-order valence-electron chi connectivity index (χ4n) is 4.54. The molecular weight excluding hydrogens is 497 g/mol. The molecule has 0 aliphatic carbocycles. The van der Waals surface area contributed by atoms with Crippen molar-refractivity contribution in [3.8, 4) is 5.75 Å². The Hall–Kier alpha value is -4.15. The van der Waals surface area contributed by atoms with Crippen molar-refractivity contribution in [2.45, 2.75) is 18.7 Å². The normalized spacial score (nSPS) is 16.2. The van der Waals surface area contributed by atoms with Crippen LogP contribution in [-0.2, 0) is 0 Å². The van der Waals surface area contributed by atoms with E-state index in [4.69, 9.17) is 0 Å². The fraction of sp³-hybridized carbons (Fsp3) is 0.231. The highest BCUT2D eigenvalue weighted by Gasteiger charge is 2.34. The third-order valence-electron chi connectivity index (χ3n) is 6.08. The van der Waals surface area contributed by atoms with Crippen molar-refractivity contribution in [2.24, 2.45) is 5.92 Å². The molecule has 0 saturated carbocycles. The molecule has 37 heavy (non-hydrogen) atoms. The molecule has 1 heterocycles. The van der Waals surface area contributed by atoms with Crippen LogP contribution in [0.1, 0.15) is 23.5 Å². The van der Waals surface area contributed by atoms with Gasteiger partial charge >= 0.3 is 6.36 Å². The first-order chi connectivity index (χ1) is 17.6. The van der Waals surface area contributed by atoms with Crippen LogP contribution in [0.15, 0.2) is 84.8 Å². The lowest BCUT2D eigenvalue weighted by Gasteiger charge is -2.26. The number of ether oxygens (including phenoxy) is 1. The second kappa shape index (κ2) is 10.9. The summed E-state index contributed by atoms with van der Waals surface area (Å²) in [5.74, 6) is -1.30. The average Bonchev–Trinajstić information content (AvgIpc) is 3.31. The van der Waals surface area contributed by atoms with E-state index in [0.717, 1.165) is 29.5 Å². The third-order valence-corrected chi connectivity index (χ3v) is 6.08. The molecular formula is C26H22F5N3O3. The van der Waals surface area contributed by atoms with Crippen molar-refractivity contribution in [1.82, 2.24) is 4.90 Å². The molecule has 0 bridgehead atoms. The summed E-state index contributed by atoms with van der Waals surface area (Å²) in [5, 5.41) is 14.2. The van der Waals surface area contributed by atoms with Crippen LogP contribution in [0.25, 0.3) is 0 Å². The van der Waals surface area contributed by atoms with E-state index in [1.54, 1.807) is 29.2 Å². The molecule has 0 aromatic heterocycles. The Kier molecular flexibility index (Phi) is 7.61. The second-order valence-electron chi connectivity index (χ2n) is 8.57. The van der Waals surface area contributed by atoms with E-state index in [-0.39, 0.29) is 29.3 Å². The summed E-state index contributed by atoms with van der Waals surface area (Å²) in [4.78, 5) is 12.5. The number of nitrogens with zero attached hydrogens (tertiary/aromatic N) is 2. The van der Waals surface area contributed by atoms with E-state index < -0.39 is 17.0 Å². The van der Waals surface area contributed by atoms with E-state index in [2.05, 4.69) is 10.1 Å². The minimum Gasteiger partial charge on any atom is -0.406 e. The van der Waals surface area contributed by atoms with Gasteiger partial charge in [-0.3, -0.25) is 10.1 Å². The molecule has 0 spiro atoms. The molecule has 4 rings (SSSR count). The molecule has 1 fully saturated rings. The van der Waals surface area contributed by atoms with Crippen molar-refractivity contribution in [2.75, 3.05) is 18.4 Å². The predicted molar refractivity (Wildman–Crippen MR) is 126 cm³/mol. The topological polar surface area (TPSA) is 67.6 Å². The van der Waals surface area contributed by atoms with Crippen LogP contribution in [0.4, 0.5) is 27.6 Å². The zero-order valence-corrected chi connectivity index (χ0v) is 19.3. The number of alkyl halides is 3. The summed E-state index contributed by atoms with van der Waals surface area (Å²) in [6.45, 7) is 0.840. The highest BCUT2D eigenvalue weighted by atomic mass is 19.4. The van der Waals surface area contributed by atoms with Gasteiger partial charge in [0.2, 0.25) is 0 Å². The SMILES string of the molecule is O=[N+]([O-])C=C(Nc1ccc(OC(F)(F)F)cc1)N1CCC(C(c2ccc(F)cc2)c2ccc(F)cc2)C1. The van der Waals surface area contributed by atoms with Gasteiger partial charge < -0.3 is 15.0 Å². The number of hydrogen-bond donors (Lipinski definition) is 1. The van der Waals surface area contributed by atoms with E-state index >= 15 is 0 Å². The predicted octanol–water partition coefficient (Wildman–Crippen LogP) is 6.50. The van der Waals surface area contributed by atoms with Crippen LogP contribution in [0, 0.1) is 27.7 Å². The zero-order chi connectivity index (χ0) is 26.6. The van der Waals surface area contributed by atoms with Crippen LogP contribution in [0.5, 0.6) is 5.75 Å². The molecule has 194 valence electrons. The molecule has 0 amide bonds. The van der Waals surface area contributed by atoms with Gasteiger partial charge in [-0.15, -0.1) is 13.2 Å². The Morgan fingerprint density at radius 2 is 1.51 bits per heavy atom. The molecule has 11 heteroatoms. The number of anilines is 1. The van der Waals surface area contributed by atoms with E-state index in [1.165, 1.54) is 36.4 Å². The second-order valence-corrected chi connectivity index (χ2v) is 8.57. The number of likely N-dealkylation sites (tertiary alicyclic amines) is 1. The standard InChI is InChI=1S/C26H22F5N3O3/c27-20-5-1-17(2-6-20)25(18-3-7-21(28)8-4-18)19-13-14-33(15-19)24(16-34(35)36)32-22-9-11-23(12-10-22)37-26(29,30)31/h1-12,16,19,25,32H,13-15H2. The summed E-state index contributed by atoms with van der Waals surface area (Å²) in [6, 6.07) is 16.9. The molecule has 1 saturated heterocycles. The van der Waals surface area contributed by atoms with Crippen LogP contribution in [0.3, 0.4) is 0 Å². The zero-order valence-electron chi connectivity index (χ0n) is 19.3. The Balaban J connectivity index is 1.55. The minimum absolute atomic E-state index is 0.0459. The fourth-order valence-corrected chi connectivity index (χ4v) is 4.54. The van der Waals surface area contributed by atoms with E-state index in [1.807, 2.05) is 0 Å². The summed E-state index contributed by atoms with van der Waals surface area (Å²) in [6.07, 6.45) is -3.40. The number of benzene rings is 3. The molecule has 3 aromatic carbocycles. The highest BCUT2D eigenvalue weighted by molar-refractivity contribution is 5.50. The first-order valence-electron chi connectivity index (χ1n) is 11.3. The Labute approximate surface area is 209 Å². The van der Waals surface area contributed by atoms with Crippen molar-refractivity contribution in [1.29, 1.82) is 0 Å². The maximum Gasteiger partial charge on any atom is 0.573 e. The maximum atomic E-state index is 13.6. The lowest BCUT2D eigenvalue weighted by molar-refractivity contribution is -0.404. The highest BCUT2D eigenvalue weighted by Crippen LogP contribution is 2.39. The number of rotatable bonds is 8. The summed E-state index contributed by atoms with van der Waals surface area (Å²) in [5.41, 5.74) is 1.99. The quantitative estimate of drug-likeness (QED) is 0.209. The van der Waals surface area contributed by atoms with Crippen LogP contribution in [-0.4, -0.2) is 29.3 Å². The van der Waals surface area contributed by atoms with Crippen molar-refractivity contribution in [3.63, 3.8) is 0 Å². The first kappa shape index (κ1) is 25.9. The summed E-state index contributed by atoms with van der Waals surface area (Å²) < 4.78 is 68.3. The number of nitro groups is 1. The van der Waals surface area contributed by atoms with Gasteiger partial charge in [-0.05, 0) is 72.0 Å². The molecule has 0 radical (unpaired) electrons.